The number of hydrogen-bond acceptors (Lipinski definition) is 5. The lowest BCUT2D eigenvalue weighted by Crippen LogP contribution is -2.26. The molecule has 98 valence electrons. The second-order valence-corrected chi connectivity index (χ2v) is 4.88. The van der Waals surface area contributed by atoms with E-state index in [0.29, 0.717) is 12.0 Å². The lowest BCUT2D eigenvalue weighted by atomic mass is 10.0. The predicted octanol–water partition coefficient (Wildman–Crippen LogP) is 1.01. The molecule has 0 aliphatic rings. The van der Waals surface area contributed by atoms with Crippen LogP contribution in [-0.4, -0.2) is 34.9 Å². The molecule has 1 aromatic rings. The third-order valence-corrected chi connectivity index (χ3v) is 3.14. The van der Waals surface area contributed by atoms with Crippen LogP contribution in [-0.2, 0) is 11.2 Å². The van der Waals surface area contributed by atoms with Crippen molar-refractivity contribution in [3.8, 4) is 0 Å². The molecular formula is C13H17NO3S. The van der Waals surface area contributed by atoms with E-state index in [1.54, 1.807) is 30.5 Å². The minimum atomic E-state index is -0.287. The summed E-state index contributed by atoms with van der Waals surface area (Å²) in [5, 5.41) is 8.71. The molecule has 0 saturated heterocycles. The maximum absolute atomic E-state index is 11.7. The minimum Gasteiger partial charge on any atom is -0.395 e. The molecule has 1 atom stereocenters. The summed E-state index contributed by atoms with van der Waals surface area (Å²) >= 11 is 1.06. The van der Waals surface area contributed by atoms with Crippen molar-refractivity contribution < 1.29 is 14.7 Å². The Kier molecular flexibility index (Phi) is 6.04. The van der Waals surface area contributed by atoms with Gasteiger partial charge in [-0.3, -0.25) is 9.59 Å². The molecule has 1 aromatic carbocycles. The average Bonchev–Trinajstić information content (AvgIpc) is 2.39. The Hall–Kier alpha value is -1.17. The van der Waals surface area contributed by atoms with Crippen molar-refractivity contribution >= 4 is 22.7 Å². The Morgan fingerprint density at radius 1 is 1.33 bits per heavy atom. The van der Waals surface area contributed by atoms with Crippen molar-refractivity contribution in [1.82, 2.24) is 0 Å². The van der Waals surface area contributed by atoms with Crippen LogP contribution < -0.4 is 5.73 Å². The number of carbonyl (C=O) groups excluding carboxylic acids is 2. The Labute approximate surface area is 111 Å². The van der Waals surface area contributed by atoms with E-state index in [2.05, 4.69) is 0 Å². The quantitative estimate of drug-likeness (QED) is 0.594. The average molecular weight is 267 g/mol. The van der Waals surface area contributed by atoms with E-state index < -0.39 is 0 Å². The summed E-state index contributed by atoms with van der Waals surface area (Å²) in [4.78, 5) is 22.8. The summed E-state index contributed by atoms with van der Waals surface area (Å²) in [6.45, 7) is -0.0666. The molecule has 0 heterocycles. The van der Waals surface area contributed by atoms with Gasteiger partial charge in [-0.2, -0.15) is 0 Å². The van der Waals surface area contributed by atoms with Gasteiger partial charge >= 0.3 is 0 Å². The first-order valence-electron chi connectivity index (χ1n) is 5.62. The van der Waals surface area contributed by atoms with Crippen molar-refractivity contribution in [3.63, 3.8) is 0 Å². The highest BCUT2D eigenvalue weighted by Gasteiger charge is 2.11. The number of carbonyl (C=O) groups is 2. The van der Waals surface area contributed by atoms with Crippen LogP contribution in [0.5, 0.6) is 0 Å². The van der Waals surface area contributed by atoms with Gasteiger partial charge in [0, 0.05) is 11.6 Å². The third-order valence-electron chi connectivity index (χ3n) is 2.54. The summed E-state index contributed by atoms with van der Waals surface area (Å²) in [5.41, 5.74) is 7.11. The van der Waals surface area contributed by atoms with Crippen LogP contribution in [0.1, 0.15) is 22.3 Å². The number of aliphatic hydroxyl groups excluding tert-OH is 1. The maximum Gasteiger partial charge on any atom is 0.196 e. The minimum absolute atomic E-state index is 0.0666. The number of ketones is 1. The van der Waals surface area contributed by atoms with Gasteiger partial charge < -0.3 is 10.8 Å². The number of Topliss-reactive ketones (excluding diaryl/α,β-unsaturated/α-hetero) is 1. The fraction of sp³-hybridized carbons (Fsp3) is 0.385. The zero-order valence-electron chi connectivity index (χ0n) is 10.3. The van der Waals surface area contributed by atoms with E-state index >= 15 is 0 Å². The molecule has 0 bridgehead atoms. The molecule has 5 heteroatoms. The van der Waals surface area contributed by atoms with E-state index in [1.807, 2.05) is 0 Å². The molecule has 18 heavy (non-hydrogen) atoms. The number of aliphatic hydroxyl groups is 1. The van der Waals surface area contributed by atoms with Gasteiger partial charge in [0.2, 0.25) is 0 Å². The standard InChI is InChI=1S/C13H17NO3S/c1-18-13(17)7-12(16)10-4-2-9(3-5-10)6-11(14)8-15/h2-5,11,15H,6-8,14H2,1H3. The van der Waals surface area contributed by atoms with E-state index in [4.69, 9.17) is 10.8 Å². The van der Waals surface area contributed by atoms with Crippen LogP contribution in [0.2, 0.25) is 0 Å². The summed E-state index contributed by atoms with van der Waals surface area (Å²) in [5.74, 6) is -0.174. The van der Waals surface area contributed by atoms with E-state index in [9.17, 15) is 9.59 Å². The highest BCUT2D eigenvalue weighted by molar-refractivity contribution is 8.13. The summed E-state index contributed by atoms with van der Waals surface area (Å²) in [6, 6.07) is 6.69. The van der Waals surface area contributed by atoms with Crippen molar-refractivity contribution in [1.29, 1.82) is 0 Å². The van der Waals surface area contributed by atoms with Crippen LogP contribution >= 0.6 is 11.8 Å². The van der Waals surface area contributed by atoms with Gasteiger partial charge in [-0.1, -0.05) is 36.0 Å². The van der Waals surface area contributed by atoms with Gasteiger partial charge in [0.25, 0.3) is 0 Å². The highest BCUT2D eigenvalue weighted by Crippen LogP contribution is 2.11. The zero-order chi connectivity index (χ0) is 13.5. The molecule has 0 radical (unpaired) electrons. The topological polar surface area (TPSA) is 80.4 Å². The molecule has 0 saturated carbocycles. The summed E-state index contributed by atoms with van der Waals surface area (Å²) in [6.07, 6.45) is 2.15. The number of hydrogen-bond donors (Lipinski definition) is 2. The van der Waals surface area contributed by atoms with Crippen molar-refractivity contribution in [2.24, 2.45) is 5.73 Å². The van der Waals surface area contributed by atoms with Gasteiger partial charge in [-0.15, -0.1) is 0 Å². The second kappa shape index (κ2) is 7.31. The van der Waals surface area contributed by atoms with E-state index in [-0.39, 0.29) is 30.0 Å². The van der Waals surface area contributed by atoms with Crippen LogP contribution in [0.3, 0.4) is 0 Å². The Morgan fingerprint density at radius 2 is 1.94 bits per heavy atom. The van der Waals surface area contributed by atoms with Crippen LogP contribution in [0.4, 0.5) is 0 Å². The van der Waals surface area contributed by atoms with Gasteiger partial charge in [0.15, 0.2) is 10.9 Å². The monoisotopic (exact) mass is 267 g/mol. The molecule has 0 amide bonds. The van der Waals surface area contributed by atoms with Crippen molar-refractivity contribution in [3.05, 3.63) is 35.4 Å². The third kappa shape index (κ3) is 4.60. The van der Waals surface area contributed by atoms with E-state index in [1.165, 1.54) is 0 Å². The molecule has 1 rings (SSSR count). The molecule has 4 nitrogen and oxygen atoms in total. The molecule has 0 aliphatic carbocycles. The second-order valence-electron chi connectivity index (χ2n) is 4.02. The van der Waals surface area contributed by atoms with Gasteiger partial charge in [-0.25, -0.2) is 0 Å². The number of thioether (sulfide) groups is 1. The van der Waals surface area contributed by atoms with Crippen LogP contribution in [0, 0.1) is 0 Å². The molecular weight excluding hydrogens is 250 g/mol. The van der Waals surface area contributed by atoms with Gasteiger partial charge in [0.1, 0.15) is 0 Å². The lowest BCUT2D eigenvalue weighted by Gasteiger charge is -2.08. The van der Waals surface area contributed by atoms with Crippen LogP contribution in [0.15, 0.2) is 24.3 Å². The molecule has 0 spiro atoms. The Morgan fingerprint density at radius 3 is 2.44 bits per heavy atom. The van der Waals surface area contributed by atoms with Gasteiger partial charge in [-0.05, 0) is 18.2 Å². The summed E-state index contributed by atoms with van der Waals surface area (Å²) in [7, 11) is 0. The Balaban J connectivity index is 2.65. The molecule has 3 N–H and O–H groups in total. The number of nitrogens with two attached hydrogens (primary N) is 1. The normalized spacial score (nSPS) is 12.2. The maximum atomic E-state index is 11.7. The fourth-order valence-corrected chi connectivity index (χ4v) is 1.77. The first-order chi connectivity index (χ1) is 8.56. The number of rotatable bonds is 6. The SMILES string of the molecule is CSC(=O)CC(=O)c1ccc(CC(N)CO)cc1. The molecule has 0 aliphatic heterocycles. The van der Waals surface area contributed by atoms with Crippen molar-refractivity contribution in [2.75, 3.05) is 12.9 Å². The highest BCUT2D eigenvalue weighted by atomic mass is 32.2. The first kappa shape index (κ1) is 14.9. The largest absolute Gasteiger partial charge is 0.395 e. The molecule has 0 fully saturated rings. The molecule has 1 unspecified atom stereocenters. The van der Waals surface area contributed by atoms with Crippen molar-refractivity contribution in [2.45, 2.75) is 18.9 Å². The first-order valence-corrected chi connectivity index (χ1v) is 6.84. The van der Waals surface area contributed by atoms with E-state index in [0.717, 1.165) is 17.3 Å². The summed E-state index contributed by atoms with van der Waals surface area (Å²) < 4.78 is 0. The predicted molar refractivity (Wildman–Crippen MR) is 72.7 cm³/mol. The molecule has 0 aromatic heterocycles. The zero-order valence-corrected chi connectivity index (χ0v) is 11.1. The number of benzene rings is 1. The van der Waals surface area contributed by atoms with Crippen LogP contribution in [0.25, 0.3) is 0 Å². The smallest absolute Gasteiger partial charge is 0.196 e. The van der Waals surface area contributed by atoms with Gasteiger partial charge in [0.05, 0.1) is 13.0 Å². The Bertz CT molecular complexity index is 417. The fourth-order valence-electron chi connectivity index (χ4n) is 1.50. The lowest BCUT2D eigenvalue weighted by molar-refractivity contribution is -0.110.